The maximum Gasteiger partial charge on any atom is 0.182 e. The van der Waals surface area contributed by atoms with Gasteiger partial charge in [-0.15, -0.1) is 0 Å². The molecule has 0 N–H and O–H groups in total. The summed E-state index contributed by atoms with van der Waals surface area (Å²) in [7, 11) is 0. The molecule has 0 bridgehead atoms. The zero-order valence-electron chi connectivity index (χ0n) is 53.3. The highest BCUT2D eigenvalue weighted by molar-refractivity contribution is 6.26. The average Bonchev–Trinajstić information content (AvgIpc) is 1.03. The van der Waals surface area contributed by atoms with Crippen LogP contribution in [-0.2, 0) is 0 Å². The third kappa shape index (κ3) is 10.2. The van der Waals surface area contributed by atoms with Crippen molar-refractivity contribution >= 4 is 108 Å². The summed E-state index contributed by atoms with van der Waals surface area (Å²) in [5, 5.41) is 22.3. The molecule has 0 saturated carbocycles. The Morgan fingerprint density at radius 2 is 0.596 bits per heavy atom. The molecular weight excluding hydrogens is 1210 g/mol. The second kappa shape index (κ2) is 23.8. The molecule has 8 heteroatoms. The molecule has 16 aromatic carbocycles. The predicted octanol–water partition coefficient (Wildman–Crippen LogP) is 23.6. The summed E-state index contributed by atoms with van der Waals surface area (Å²) in [6.45, 7) is 0. The normalized spacial score (nSPS) is 11.6. The van der Waals surface area contributed by atoms with E-state index in [4.69, 9.17) is 34.3 Å². The first-order valence-corrected chi connectivity index (χ1v) is 33.2. The highest BCUT2D eigenvalue weighted by Crippen LogP contribution is 2.42. The second-order valence-electron chi connectivity index (χ2n) is 25.1. The number of para-hydroxylation sites is 1. The van der Waals surface area contributed by atoms with Gasteiger partial charge < -0.3 is 4.42 Å². The Morgan fingerprint density at radius 3 is 1.28 bits per heavy atom. The highest BCUT2D eigenvalue weighted by Gasteiger charge is 2.20. The van der Waals surface area contributed by atoms with E-state index in [1.54, 1.807) is 6.20 Å². The second-order valence-corrected chi connectivity index (χ2v) is 25.1. The van der Waals surface area contributed by atoms with Crippen molar-refractivity contribution in [1.82, 2.24) is 34.9 Å². The minimum Gasteiger partial charge on any atom is -0.456 e. The predicted molar refractivity (Wildman–Crippen MR) is 408 cm³/mol. The van der Waals surface area contributed by atoms with Crippen LogP contribution in [0.15, 0.2) is 338 Å². The number of pyridine rings is 1. The van der Waals surface area contributed by atoms with Crippen molar-refractivity contribution in [2.45, 2.75) is 0 Å². The number of fused-ring (bicyclic) bond motifs is 17. The quantitative estimate of drug-likeness (QED) is 0.139. The molecule has 20 aromatic rings. The lowest BCUT2D eigenvalue weighted by Gasteiger charge is -2.12. The first-order valence-electron chi connectivity index (χ1n) is 33.2. The number of furan rings is 1. The van der Waals surface area contributed by atoms with Gasteiger partial charge in [-0.25, -0.2) is 29.9 Å². The minimum atomic E-state index is 0.552. The van der Waals surface area contributed by atoms with Crippen LogP contribution in [0.1, 0.15) is 0 Å². The van der Waals surface area contributed by atoms with Gasteiger partial charge in [-0.05, 0) is 151 Å². The smallest absolute Gasteiger partial charge is 0.182 e. The van der Waals surface area contributed by atoms with Crippen molar-refractivity contribution in [2.24, 2.45) is 0 Å². The number of benzene rings is 16. The Labute approximate surface area is 568 Å². The number of hydrogen-bond donors (Lipinski definition) is 0. The van der Waals surface area contributed by atoms with Crippen LogP contribution in [0.2, 0.25) is 0 Å². The molecule has 20 rings (SSSR count). The summed E-state index contributed by atoms with van der Waals surface area (Å²) in [6.07, 6.45) is 1.76. The fourth-order valence-corrected chi connectivity index (χ4v) is 14.4. The van der Waals surface area contributed by atoms with Crippen LogP contribution in [-0.4, -0.2) is 34.9 Å². The maximum atomic E-state index is 6.23. The van der Waals surface area contributed by atoms with Gasteiger partial charge in [-0.3, -0.25) is 4.98 Å². The van der Waals surface area contributed by atoms with Gasteiger partial charge in [-0.1, -0.05) is 285 Å². The zero-order chi connectivity index (χ0) is 65.3. The molecule has 0 spiro atoms. The van der Waals surface area contributed by atoms with Gasteiger partial charge >= 0.3 is 0 Å². The molecule has 0 aliphatic heterocycles. The van der Waals surface area contributed by atoms with Crippen LogP contribution < -0.4 is 0 Å². The first-order chi connectivity index (χ1) is 49.0. The summed E-state index contributed by atoms with van der Waals surface area (Å²) in [6, 6.07) is 115. The Bertz CT molecular complexity index is 6540. The Hall–Kier alpha value is -13.4. The van der Waals surface area contributed by atoms with Gasteiger partial charge in [0, 0.05) is 44.8 Å². The van der Waals surface area contributed by atoms with E-state index in [1.165, 1.54) is 91.7 Å². The maximum absolute atomic E-state index is 6.23. The summed E-state index contributed by atoms with van der Waals surface area (Å²) in [4.78, 5) is 34.2. The molecule has 0 radical (unpaired) electrons. The van der Waals surface area contributed by atoms with Gasteiger partial charge in [0.2, 0.25) is 0 Å². The lowest BCUT2D eigenvalue weighted by Crippen LogP contribution is -2.00. The number of nitrogens with zero attached hydrogens (tertiary/aromatic N) is 7. The summed E-state index contributed by atoms with van der Waals surface area (Å²) in [5.74, 6) is 3.64. The largest absolute Gasteiger partial charge is 0.456 e. The van der Waals surface area contributed by atoms with E-state index in [1.807, 2.05) is 109 Å². The van der Waals surface area contributed by atoms with E-state index in [-0.39, 0.29) is 0 Å². The molecule has 0 aliphatic carbocycles. The third-order valence-corrected chi connectivity index (χ3v) is 19.2. The van der Waals surface area contributed by atoms with Crippen LogP contribution in [0.5, 0.6) is 0 Å². The summed E-state index contributed by atoms with van der Waals surface area (Å²) >= 11 is 0. The molecule has 0 atom stereocenters. The zero-order valence-corrected chi connectivity index (χ0v) is 53.3. The fourth-order valence-electron chi connectivity index (χ4n) is 14.4. The molecule has 460 valence electrons. The lowest BCUT2D eigenvalue weighted by molar-refractivity contribution is 0.669. The van der Waals surface area contributed by atoms with Crippen molar-refractivity contribution in [3.05, 3.63) is 334 Å². The minimum absolute atomic E-state index is 0.552. The molecule has 0 aliphatic rings. The van der Waals surface area contributed by atoms with E-state index in [0.29, 0.717) is 40.6 Å². The fraction of sp³-hybridized carbons (Fsp3) is 0. The van der Waals surface area contributed by atoms with Crippen LogP contribution in [0.25, 0.3) is 199 Å². The van der Waals surface area contributed by atoms with Gasteiger partial charge in [0.25, 0.3) is 0 Å². The van der Waals surface area contributed by atoms with Gasteiger partial charge in [0.1, 0.15) is 16.9 Å². The van der Waals surface area contributed by atoms with Crippen molar-refractivity contribution in [1.29, 1.82) is 0 Å². The van der Waals surface area contributed by atoms with Crippen molar-refractivity contribution in [3.8, 4) is 90.7 Å². The standard InChI is InChI=1S/C49H29N3O.C42H26N4/c1-2-11-32(12-3-1)47-50-48(52-49(51-47)42-17-9-19-44-46(42)41-16-6-7-18-43(41)53-44)36-14-8-13-33(29-36)34-23-25-37-35(28-34)24-27-40-39(37)26-22-31-21-20-30-10-4-5-15-38(30)45(31)40;1-2-9-30(10-3-1)40-44-41(46-42(45-40)38-12-6-7-25-43-38)31-16-13-27(14-17-31)32-21-22-35-33(26-32)18-15-29-20-23-36-34-11-5-4-8-28(34)19-24-37(36)39(29)35/h1-29H;1-26H. The molecule has 99 heavy (non-hydrogen) atoms. The molecule has 0 amide bonds. The van der Waals surface area contributed by atoms with Crippen molar-refractivity contribution < 1.29 is 4.42 Å². The van der Waals surface area contributed by atoms with E-state index in [9.17, 15) is 0 Å². The molecular formula is C91H55N7O. The van der Waals surface area contributed by atoms with E-state index < -0.39 is 0 Å². The van der Waals surface area contributed by atoms with Crippen LogP contribution in [0, 0.1) is 0 Å². The average molecular weight is 1260 g/mol. The Morgan fingerprint density at radius 1 is 0.192 bits per heavy atom. The van der Waals surface area contributed by atoms with E-state index in [2.05, 4.69) is 223 Å². The van der Waals surface area contributed by atoms with Gasteiger partial charge in [-0.2, -0.15) is 0 Å². The van der Waals surface area contributed by atoms with Crippen LogP contribution >= 0.6 is 0 Å². The number of rotatable bonds is 8. The van der Waals surface area contributed by atoms with Crippen molar-refractivity contribution in [3.63, 3.8) is 0 Å². The van der Waals surface area contributed by atoms with Crippen molar-refractivity contribution in [2.75, 3.05) is 0 Å². The van der Waals surface area contributed by atoms with Crippen LogP contribution in [0.4, 0.5) is 0 Å². The molecule has 0 unspecified atom stereocenters. The van der Waals surface area contributed by atoms with Crippen LogP contribution in [0.3, 0.4) is 0 Å². The molecule has 4 aromatic heterocycles. The Kier molecular flexibility index (Phi) is 13.7. The monoisotopic (exact) mass is 1260 g/mol. The molecule has 0 fully saturated rings. The highest BCUT2D eigenvalue weighted by atomic mass is 16.3. The van der Waals surface area contributed by atoms with Gasteiger partial charge in [0.05, 0.1) is 0 Å². The number of aromatic nitrogens is 7. The SMILES string of the molecule is c1ccc(-c2nc(-c3ccc(-c4ccc5c(ccc6ccc7c8ccccc8ccc7c65)c4)cc3)nc(-c3ccccn3)n2)cc1.c1ccc(-c2nc(-c3cccc(-c4ccc5c(ccc6c5ccc5ccc7ccccc7c56)c4)c3)nc(-c3cccc4oc5ccccc5c34)n2)cc1. The van der Waals surface area contributed by atoms with Gasteiger partial charge in [0.15, 0.2) is 34.9 Å². The number of hydrogen-bond acceptors (Lipinski definition) is 8. The third-order valence-electron chi connectivity index (χ3n) is 19.2. The van der Waals surface area contributed by atoms with E-state index in [0.717, 1.165) is 66.4 Å². The lowest BCUT2D eigenvalue weighted by atomic mass is 9.92. The summed E-state index contributed by atoms with van der Waals surface area (Å²) in [5.41, 5.74) is 11.5. The topological polar surface area (TPSA) is 103 Å². The molecule has 4 heterocycles. The Balaban J connectivity index is 0.000000140. The van der Waals surface area contributed by atoms with E-state index >= 15 is 0 Å². The first kappa shape index (κ1) is 57.1. The molecule has 8 nitrogen and oxygen atoms in total. The summed E-state index contributed by atoms with van der Waals surface area (Å²) < 4.78 is 6.23. The molecule has 0 saturated heterocycles.